The van der Waals surface area contributed by atoms with Crippen LogP contribution < -0.4 is 10.1 Å². The maximum Gasteiger partial charge on any atom is 0.261 e. The smallest absolute Gasteiger partial charge is 0.261 e. The molecule has 35 heavy (non-hydrogen) atoms. The molecule has 0 aliphatic rings. The number of amides is 2. The van der Waals surface area contributed by atoms with E-state index >= 15 is 0 Å². The van der Waals surface area contributed by atoms with Gasteiger partial charge in [-0.1, -0.05) is 79.0 Å². The first kappa shape index (κ1) is 26.6. The Bertz CT molecular complexity index is 1090. The highest BCUT2D eigenvalue weighted by Gasteiger charge is 2.30. The normalized spacial score (nSPS) is 11.5. The molecule has 5 nitrogen and oxygen atoms in total. The van der Waals surface area contributed by atoms with Crippen molar-refractivity contribution >= 4 is 35.0 Å². The van der Waals surface area contributed by atoms with Crippen molar-refractivity contribution in [2.24, 2.45) is 0 Å². The quantitative estimate of drug-likeness (QED) is 0.306. The number of hydrogen-bond donors (Lipinski definition) is 1. The molecule has 7 heteroatoms. The summed E-state index contributed by atoms with van der Waals surface area (Å²) in [7, 11) is 0. The third kappa shape index (κ3) is 8.61. The number of benzene rings is 3. The Balaban J connectivity index is 1.87. The van der Waals surface area contributed by atoms with Crippen molar-refractivity contribution in [1.29, 1.82) is 0 Å². The third-order valence-corrected chi connectivity index (χ3v) is 6.01. The predicted molar refractivity (Wildman–Crippen MR) is 141 cm³/mol. The highest BCUT2D eigenvalue weighted by Crippen LogP contribution is 2.19. The number of carbonyl (C=O) groups excluding carboxylic acids is 2. The van der Waals surface area contributed by atoms with Crippen LogP contribution in [-0.2, 0) is 22.6 Å². The van der Waals surface area contributed by atoms with Crippen molar-refractivity contribution in [3.05, 3.63) is 100 Å². The second-order valence-electron chi connectivity index (χ2n) is 8.24. The Labute approximate surface area is 217 Å². The van der Waals surface area contributed by atoms with E-state index in [-0.39, 0.29) is 25.0 Å². The summed E-state index contributed by atoms with van der Waals surface area (Å²) in [5.41, 5.74) is 1.79. The van der Waals surface area contributed by atoms with Gasteiger partial charge in [0.15, 0.2) is 6.61 Å². The minimum absolute atomic E-state index is 0.191. The molecule has 0 saturated carbocycles. The first-order chi connectivity index (χ1) is 17.0. The number of unbranched alkanes of at least 4 members (excludes halogenated alkanes) is 1. The van der Waals surface area contributed by atoms with Gasteiger partial charge in [0.1, 0.15) is 11.8 Å². The maximum absolute atomic E-state index is 13.5. The molecule has 0 aliphatic carbocycles. The van der Waals surface area contributed by atoms with Gasteiger partial charge in [-0.25, -0.2) is 0 Å². The molecule has 1 unspecified atom stereocenters. The van der Waals surface area contributed by atoms with Crippen molar-refractivity contribution in [3.8, 4) is 5.75 Å². The van der Waals surface area contributed by atoms with Crippen LogP contribution in [0.1, 0.15) is 30.9 Å². The summed E-state index contributed by atoms with van der Waals surface area (Å²) in [6.07, 6.45) is 2.21. The van der Waals surface area contributed by atoms with Gasteiger partial charge in [-0.2, -0.15) is 0 Å². The lowest BCUT2D eigenvalue weighted by molar-refractivity contribution is -0.142. The first-order valence-corrected chi connectivity index (χ1v) is 12.5. The standard InChI is InChI=1S/C28H30Cl2N2O3/c1-2-3-16-31-28(34)26(18-21-8-5-4-6-9-21)32(19-22-10-7-11-24(30)17-22)27(33)20-35-25-14-12-23(29)13-15-25/h4-15,17,26H,2-3,16,18-20H2,1H3,(H,31,34). The average Bonchev–Trinajstić information content (AvgIpc) is 2.86. The molecule has 0 bridgehead atoms. The van der Waals surface area contributed by atoms with Gasteiger partial charge in [-0.05, 0) is 53.9 Å². The van der Waals surface area contributed by atoms with Crippen LogP contribution in [0.15, 0.2) is 78.9 Å². The maximum atomic E-state index is 13.5. The van der Waals surface area contributed by atoms with Crippen LogP contribution in [0.3, 0.4) is 0 Å². The molecular weight excluding hydrogens is 483 g/mol. The Morgan fingerprint density at radius 3 is 2.31 bits per heavy atom. The zero-order chi connectivity index (χ0) is 25.0. The van der Waals surface area contributed by atoms with E-state index in [1.807, 2.05) is 42.5 Å². The fraction of sp³-hybridized carbons (Fsp3) is 0.286. The molecule has 3 rings (SSSR count). The molecule has 1 atom stereocenters. The number of rotatable bonds is 12. The number of nitrogens with zero attached hydrogens (tertiary/aromatic N) is 1. The SMILES string of the molecule is CCCCNC(=O)C(Cc1ccccc1)N(Cc1cccc(Cl)c1)C(=O)COc1ccc(Cl)cc1. The largest absolute Gasteiger partial charge is 0.484 e. The van der Waals surface area contributed by atoms with E-state index in [2.05, 4.69) is 12.2 Å². The van der Waals surface area contributed by atoms with Crippen molar-refractivity contribution in [2.75, 3.05) is 13.2 Å². The summed E-state index contributed by atoms with van der Waals surface area (Å²) in [6, 6.07) is 23.1. The second-order valence-corrected chi connectivity index (χ2v) is 9.12. The van der Waals surface area contributed by atoms with Crippen LogP contribution in [0.2, 0.25) is 10.0 Å². The van der Waals surface area contributed by atoms with E-state index in [4.69, 9.17) is 27.9 Å². The average molecular weight is 513 g/mol. The van der Waals surface area contributed by atoms with Gasteiger partial charge < -0.3 is 15.0 Å². The van der Waals surface area contributed by atoms with Crippen molar-refractivity contribution in [2.45, 2.75) is 38.8 Å². The topological polar surface area (TPSA) is 58.6 Å². The number of nitrogens with one attached hydrogen (secondary N) is 1. The molecule has 0 aromatic heterocycles. The molecule has 0 radical (unpaired) electrons. The molecule has 184 valence electrons. The van der Waals surface area contributed by atoms with Gasteiger partial charge in [0.25, 0.3) is 5.91 Å². The second kappa shape index (κ2) is 13.8. The fourth-order valence-corrected chi connectivity index (χ4v) is 3.99. The zero-order valence-corrected chi connectivity index (χ0v) is 21.3. The Morgan fingerprint density at radius 2 is 1.63 bits per heavy atom. The Kier molecular flexibility index (Phi) is 10.5. The van der Waals surface area contributed by atoms with Gasteiger partial charge in [-0.15, -0.1) is 0 Å². The minimum atomic E-state index is -0.713. The molecule has 0 saturated heterocycles. The molecule has 0 heterocycles. The molecule has 0 spiro atoms. The van der Waals surface area contributed by atoms with E-state index in [9.17, 15) is 9.59 Å². The number of carbonyl (C=O) groups is 2. The van der Waals surface area contributed by atoms with Crippen molar-refractivity contribution in [1.82, 2.24) is 10.2 Å². The predicted octanol–water partition coefficient (Wildman–Crippen LogP) is 5.93. The van der Waals surface area contributed by atoms with Gasteiger partial charge in [0.2, 0.25) is 5.91 Å². The summed E-state index contributed by atoms with van der Waals surface area (Å²) in [4.78, 5) is 28.4. The van der Waals surface area contributed by atoms with Crippen LogP contribution in [-0.4, -0.2) is 35.9 Å². The number of ether oxygens (including phenoxy) is 1. The lowest BCUT2D eigenvalue weighted by Gasteiger charge is -2.31. The van der Waals surface area contributed by atoms with Crippen molar-refractivity contribution < 1.29 is 14.3 Å². The van der Waals surface area contributed by atoms with Crippen LogP contribution >= 0.6 is 23.2 Å². The van der Waals surface area contributed by atoms with Crippen molar-refractivity contribution in [3.63, 3.8) is 0 Å². The van der Waals surface area contributed by atoms with E-state index in [0.29, 0.717) is 28.8 Å². The summed E-state index contributed by atoms with van der Waals surface area (Å²) in [5.74, 6) is 0.0353. The van der Waals surface area contributed by atoms with Gasteiger partial charge in [-0.3, -0.25) is 9.59 Å². The number of hydrogen-bond acceptors (Lipinski definition) is 3. The van der Waals surface area contributed by atoms with Crippen LogP contribution in [0.4, 0.5) is 0 Å². The van der Waals surface area contributed by atoms with Crippen LogP contribution in [0.25, 0.3) is 0 Å². The lowest BCUT2D eigenvalue weighted by atomic mass is 10.0. The van der Waals surface area contributed by atoms with E-state index in [1.165, 1.54) is 0 Å². The van der Waals surface area contributed by atoms with Gasteiger partial charge in [0.05, 0.1) is 0 Å². The molecule has 0 aliphatic heterocycles. The highest BCUT2D eigenvalue weighted by atomic mass is 35.5. The molecule has 3 aromatic rings. The summed E-state index contributed by atoms with van der Waals surface area (Å²) < 4.78 is 5.74. The van der Waals surface area contributed by atoms with E-state index in [1.54, 1.807) is 41.3 Å². The fourth-order valence-electron chi connectivity index (χ4n) is 3.65. The summed E-state index contributed by atoms with van der Waals surface area (Å²) >= 11 is 12.1. The number of halogens is 2. The Morgan fingerprint density at radius 1 is 0.914 bits per heavy atom. The molecule has 3 aromatic carbocycles. The zero-order valence-electron chi connectivity index (χ0n) is 19.8. The first-order valence-electron chi connectivity index (χ1n) is 11.7. The van der Waals surface area contributed by atoms with Crippen LogP contribution in [0.5, 0.6) is 5.75 Å². The summed E-state index contributed by atoms with van der Waals surface area (Å²) in [5, 5.41) is 4.15. The van der Waals surface area contributed by atoms with E-state index in [0.717, 1.165) is 24.0 Å². The minimum Gasteiger partial charge on any atom is -0.484 e. The summed E-state index contributed by atoms with van der Waals surface area (Å²) in [6.45, 7) is 2.63. The lowest BCUT2D eigenvalue weighted by Crippen LogP contribution is -2.51. The molecular formula is C28H30Cl2N2O3. The van der Waals surface area contributed by atoms with Gasteiger partial charge in [0, 0.05) is 29.6 Å². The Hall–Kier alpha value is -3.02. The highest BCUT2D eigenvalue weighted by molar-refractivity contribution is 6.30. The van der Waals surface area contributed by atoms with E-state index < -0.39 is 6.04 Å². The monoisotopic (exact) mass is 512 g/mol. The van der Waals surface area contributed by atoms with Crippen LogP contribution in [0, 0.1) is 0 Å². The molecule has 1 N–H and O–H groups in total. The molecule has 0 fully saturated rings. The van der Waals surface area contributed by atoms with Gasteiger partial charge >= 0.3 is 0 Å². The third-order valence-electron chi connectivity index (χ3n) is 5.52. The molecule has 2 amide bonds.